The van der Waals surface area contributed by atoms with Crippen molar-refractivity contribution in [1.82, 2.24) is 0 Å². The molecule has 4 N–H and O–H groups in total. The first-order valence-corrected chi connectivity index (χ1v) is 11.2. The summed E-state index contributed by atoms with van der Waals surface area (Å²) in [5.74, 6) is 1.62. The second-order valence-electron chi connectivity index (χ2n) is 8.48. The number of rotatable bonds is 10. The number of ether oxygens (including phenoxy) is 3. The van der Waals surface area contributed by atoms with Gasteiger partial charge in [-0.25, -0.2) is 0 Å². The molecule has 1 aromatic carbocycles. The van der Waals surface area contributed by atoms with Gasteiger partial charge in [0.05, 0.1) is 13.2 Å². The highest BCUT2D eigenvalue weighted by molar-refractivity contribution is 5.27. The number of hydrogen-bond acceptors (Lipinski definition) is 7. The van der Waals surface area contributed by atoms with Gasteiger partial charge in [0.15, 0.2) is 6.29 Å². The minimum Gasteiger partial charge on any atom is -0.493 e. The zero-order chi connectivity index (χ0) is 21.3. The van der Waals surface area contributed by atoms with Crippen LogP contribution in [0.5, 0.6) is 5.75 Å². The van der Waals surface area contributed by atoms with Gasteiger partial charge in [0, 0.05) is 6.61 Å². The zero-order valence-electron chi connectivity index (χ0n) is 17.6. The van der Waals surface area contributed by atoms with Crippen molar-refractivity contribution in [3.05, 3.63) is 29.8 Å². The Kier molecular flexibility index (Phi) is 9.36. The molecule has 0 amide bonds. The van der Waals surface area contributed by atoms with Crippen LogP contribution in [0.2, 0.25) is 0 Å². The van der Waals surface area contributed by atoms with Crippen LogP contribution in [0.4, 0.5) is 0 Å². The van der Waals surface area contributed by atoms with Gasteiger partial charge in [0.25, 0.3) is 0 Å². The van der Waals surface area contributed by atoms with E-state index in [0.29, 0.717) is 12.5 Å². The second kappa shape index (κ2) is 12.0. The Hall–Kier alpha value is -1.22. The first-order chi connectivity index (χ1) is 14.6. The molecule has 5 atom stereocenters. The molecule has 1 heterocycles. The molecule has 0 bridgehead atoms. The molecule has 2 aliphatic rings. The summed E-state index contributed by atoms with van der Waals surface area (Å²) in [5, 5.41) is 38.7. The van der Waals surface area contributed by atoms with E-state index in [4.69, 9.17) is 14.2 Å². The van der Waals surface area contributed by atoms with Crippen LogP contribution in [-0.2, 0) is 15.9 Å². The molecule has 1 aromatic rings. The van der Waals surface area contributed by atoms with Crippen molar-refractivity contribution < 1.29 is 34.6 Å². The normalized spacial score (nSPS) is 30.3. The predicted octanol–water partition coefficient (Wildman–Crippen LogP) is 1.78. The molecule has 1 aliphatic heterocycles. The molecule has 0 spiro atoms. The lowest BCUT2D eigenvalue weighted by Crippen LogP contribution is -2.59. The predicted molar refractivity (Wildman–Crippen MR) is 111 cm³/mol. The molecule has 3 rings (SSSR count). The molecule has 2 fully saturated rings. The monoisotopic (exact) mass is 424 g/mol. The fourth-order valence-corrected chi connectivity index (χ4v) is 4.16. The first-order valence-electron chi connectivity index (χ1n) is 11.2. The average molecular weight is 425 g/mol. The maximum Gasteiger partial charge on any atom is 0.186 e. The average Bonchev–Trinajstić information content (AvgIpc) is 2.79. The van der Waals surface area contributed by atoms with Crippen molar-refractivity contribution in [1.29, 1.82) is 0 Å². The minimum absolute atomic E-state index is 0.352. The Morgan fingerprint density at radius 2 is 1.63 bits per heavy atom. The van der Waals surface area contributed by atoms with E-state index in [9.17, 15) is 20.4 Å². The molecule has 30 heavy (non-hydrogen) atoms. The molecule has 7 heteroatoms. The largest absolute Gasteiger partial charge is 0.493 e. The molecule has 1 saturated carbocycles. The fourth-order valence-electron chi connectivity index (χ4n) is 4.16. The molecule has 1 aliphatic carbocycles. The molecular formula is C23H36O7. The highest BCUT2D eigenvalue weighted by Gasteiger charge is 2.43. The smallest absolute Gasteiger partial charge is 0.186 e. The van der Waals surface area contributed by atoms with Crippen LogP contribution in [0.1, 0.15) is 50.5 Å². The maximum atomic E-state index is 9.96. The van der Waals surface area contributed by atoms with Crippen molar-refractivity contribution in [3.63, 3.8) is 0 Å². The maximum absolute atomic E-state index is 9.96. The molecule has 1 saturated heterocycles. The third-order valence-electron chi connectivity index (χ3n) is 6.12. The van der Waals surface area contributed by atoms with E-state index < -0.39 is 37.3 Å². The van der Waals surface area contributed by atoms with E-state index in [1.165, 1.54) is 37.7 Å². The number of aliphatic hydroxyl groups excluding tert-OH is 4. The highest BCUT2D eigenvalue weighted by Crippen LogP contribution is 2.25. The molecule has 0 aromatic heterocycles. The van der Waals surface area contributed by atoms with Gasteiger partial charge in [-0.1, -0.05) is 31.4 Å². The van der Waals surface area contributed by atoms with Crippen molar-refractivity contribution in [2.45, 2.75) is 82.1 Å². The lowest BCUT2D eigenvalue weighted by molar-refractivity contribution is -0.301. The van der Waals surface area contributed by atoms with E-state index in [0.717, 1.165) is 31.6 Å². The summed E-state index contributed by atoms with van der Waals surface area (Å²) in [4.78, 5) is 0. The van der Waals surface area contributed by atoms with E-state index in [1.807, 2.05) is 12.1 Å². The number of hydrogen-bond donors (Lipinski definition) is 4. The Balaban J connectivity index is 1.31. The fraction of sp³-hybridized carbons (Fsp3) is 0.739. The number of aryl methyl sites for hydroxylation is 1. The summed E-state index contributed by atoms with van der Waals surface area (Å²) in [7, 11) is 0. The lowest BCUT2D eigenvalue weighted by Gasteiger charge is -2.39. The summed E-state index contributed by atoms with van der Waals surface area (Å²) in [6, 6.07) is 8.24. The SMILES string of the molecule is OCC1OC(OCCCCc2ccc(OCC3CCCCC3)cc2)C(O)C(O)C1O. The Labute approximate surface area is 178 Å². The number of aliphatic hydroxyl groups is 4. The van der Waals surface area contributed by atoms with Crippen molar-refractivity contribution >= 4 is 0 Å². The third kappa shape index (κ3) is 6.64. The van der Waals surface area contributed by atoms with Gasteiger partial charge < -0.3 is 34.6 Å². The van der Waals surface area contributed by atoms with Crippen molar-refractivity contribution in [2.24, 2.45) is 5.92 Å². The van der Waals surface area contributed by atoms with Crippen LogP contribution < -0.4 is 4.74 Å². The highest BCUT2D eigenvalue weighted by atomic mass is 16.7. The van der Waals surface area contributed by atoms with Crippen LogP contribution in [0.3, 0.4) is 0 Å². The van der Waals surface area contributed by atoms with Crippen LogP contribution >= 0.6 is 0 Å². The molecular weight excluding hydrogens is 388 g/mol. The molecule has 7 nitrogen and oxygen atoms in total. The molecule has 0 radical (unpaired) electrons. The van der Waals surface area contributed by atoms with Gasteiger partial charge in [-0.2, -0.15) is 0 Å². The van der Waals surface area contributed by atoms with Gasteiger partial charge in [0.2, 0.25) is 0 Å². The van der Waals surface area contributed by atoms with Gasteiger partial charge in [-0.3, -0.25) is 0 Å². The Bertz CT molecular complexity index is 600. The van der Waals surface area contributed by atoms with E-state index in [-0.39, 0.29) is 0 Å². The minimum atomic E-state index is -1.40. The van der Waals surface area contributed by atoms with E-state index in [2.05, 4.69) is 12.1 Å². The third-order valence-corrected chi connectivity index (χ3v) is 6.12. The zero-order valence-corrected chi connectivity index (χ0v) is 17.6. The summed E-state index contributed by atoms with van der Waals surface area (Å²) in [6.45, 7) is 0.713. The van der Waals surface area contributed by atoms with Crippen LogP contribution in [0.25, 0.3) is 0 Å². The van der Waals surface area contributed by atoms with Crippen molar-refractivity contribution in [2.75, 3.05) is 19.8 Å². The summed E-state index contributed by atoms with van der Waals surface area (Å²) in [5.41, 5.74) is 1.23. The van der Waals surface area contributed by atoms with Gasteiger partial charge in [-0.05, 0) is 55.7 Å². The molecule has 5 unspecified atom stereocenters. The van der Waals surface area contributed by atoms with Crippen LogP contribution in [0.15, 0.2) is 24.3 Å². The summed E-state index contributed by atoms with van der Waals surface area (Å²) in [6.07, 6.45) is 3.04. The number of benzene rings is 1. The molecule has 170 valence electrons. The lowest BCUT2D eigenvalue weighted by atomic mass is 9.90. The second-order valence-corrected chi connectivity index (χ2v) is 8.48. The van der Waals surface area contributed by atoms with Crippen LogP contribution in [0, 0.1) is 5.92 Å². The van der Waals surface area contributed by atoms with Gasteiger partial charge in [-0.15, -0.1) is 0 Å². The quantitative estimate of drug-likeness (QED) is 0.424. The number of unbranched alkanes of at least 4 members (excludes halogenated alkanes) is 1. The van der Waals surface area contributed by atoms with Crippen molar-refractivity contribution in [3.8, 4) is 5.75 Å². The Morgan fingerprint density at radius 3 is 2.33 bits per heavy atom. The summed E-state index contributed by atoms with van der Waals surface area (Å²) >= 11 is 0. The summed E-state index contributed by atoms with van der Waals surface area (Å²) < 4.78 is 16.8. The van der Waals surface area contributed by atoms with E-state index in [1.54, 1.807) is 0 Å². The van der Waals surface area contributed by atoms with Gasteiger partial charge in [0.1, 0.15) is 30.2 Å². The first kappa shape index (κ1) is 23.4. The van der Waals surface area contributed by atoms with E-state index >= 15 is 0 Å². The van der Waals surface area contributed by atoms with Crippen LogP contribution in [-0.4, -0.2) is 71.0 Å². The Morgan fingerprint density at radius 1 is 0.900 bits per heavy atom. The standard InChI is InChI=1S/C23H36O7/c24-14-19-20(25)21(26)22(27)23(30-19)28-13-5-4-6-16-9-11-18(12-10-16)29-15-17-7-2-1-3-8-17/h9-12,17,19-27H,1-8,13-15H2. The van der Waals surface area contributed by atoms with Gasteiger partial charge >= 0.3 is 0 Å². The topological polar surface area (TPSA) is 109 Å².